The Kier molecular flexibility index (Phi) is 8.05. The van der Waals surface area contributed by atoms with E-state index >= 15 is 0 Å². The molecule has 2 fully saturated rings. The summed E-state index contributed by atoms with van der Waals surface area (Å²) in [6.07, 6.45) is 2.54. The Bertz CT molecular complexity index is 1780. The van der Waals surface area contributed by atoms with Crippen LogP contribution in [-0.2, 0) is 9.47 Å². The van der Waals surface area contributed by atoms with Gasteiger partial charge in [-0.05, 0) is 101 Å². The minimum absolute atomic E-state index is 0.146. The summed E-state index contributed by atoms with van der Waals surface area (Å²) >= 11 is 0. The van der Waals surface area contributed by atoms with Crippen LogP contribution in [0.1, 0.15) is 102 Å². The maximum Gasteiger partial charge on any atom is 0.339 e. The third kappa shape index (κ3) is 6.84. The third-order valence-electron chi connectivity index (χ3n) is 9.37. The molecule has 2 aliphatic heterocycles. The molecule has 2 saturated heterocycles. The average Bonchev–Trinajstić information content (AvgIpc) is 2.92. The molecule has 0 saturated carbocycles. The van der Waals surface area contributed by atoms with Crippen LogP contribution in [0.3, 0.4) is 0 Å². The van der Waals surface area contributed by atoms with E-state index in [1.54, 1.807) is 0 Å². The normalized spacial score (nSPS) is 20.8. The van der Waals surface area contributed by atoms with Gasteiger partial charge >= 0.3 is 11.9 Å². The number of esters is 2. The van der Waals surface area contributed by atoms with Crippen LogP contribution >= 0.6 is 0 Å². The second kappa shape index (κ2) is 11.5. The SMILES string of the molecule is CC1(C)CC(OC(=O)c2cc(-c3cccc4cccc(C(=O)OC5CC(C)(C)NC(C)(C)C5)c34)cc3ccccc23)CC(C)(C)N1. The Morgan fingerprint density at radius 1 is 0.587 bits per heavy atom. The quantitative estimate of drug-likeness (QED) is 0.218. The van der Waals surface area contributed by atoms with Gasteiger partial charge in [0.2, 0.25) is 0 Å². The molecule has 0 radical (unpaired) electrons. The first-order chi connectivity index (χ1) is 21.5. The van der Waals surface area contributed by atoms with Crippen LogP contribution < -0.4 is 10.6 Å². The number of hydrogen-bond acceptors (Lipinski definition) is 6. The first-order valence-corrected chi connectivity index (χ1v) is 16.6. The number of benzene rings is 4. The number of carbonyl (C=O) groups is 2. The number of piperidine rings is 2. The van der Waals surface area contributed by atoms with Crippen LogP contribution in [-0.4, -0.2) is 46.3 Å². The molecular formula is C40H48N2O4. The highest BCUT2D eigenvalue weighted by atomic mass is 16.5. The van der Waals surface area contributed by atoms with Crippen molar-refractivity contribution in [1.82, 2.24) is 10.6 Å². The molecule has 0 bridgehead atoms. The number of carbonyl (C=O) groups excluding carboxylic acids is 2. The Labute approximate surface area is 273 Å². The van der Waals surface area contributed by atoms with E-state index in [-0.39, 0.29) is 46.3 Å². The minimum Gasteiger partial charge on any atom is -0.459 e. The first kappa shape index (κ1) is 32.2. The summed E-state index contributed by atoms with van der Waals surface area (Å²) in [5.74, 6) is -0.652. The lowest BCUT2D eigenvalue weighted by molar-refractivity contribution is -0.00749. The molecule has 2 aliphatic rings. The molecule has 6 heteroatoms. The maximum absolute atomic E-state index is 14.0. The fourth-order valence-corrected chi connectivity index (χ4v) is 8.44. The van der Waals surface area contributed by atoms with Crippen LogP contribution in [0.15, 0.2) is 72.8 Å². The van der Waals surface area contributed by atoms with Crippen molar-refractivity contribution in [2.24, 2.45) is 0 Å². The molecule has 2 heterocycles. The van der Waals surface area contributed by atoms with Crippen molar-refractivity contribution in [2.75, 3.05) is 0 Å². The predicted molar refractivity (Wildman–Crippen MR) is 186 cm³/mol. The molecule has 0 unspecified atom stereocenters. The van der Waals surface area contributed by atoms with Crippen molar-refractivity contribution in [3.63, 3.8) is 0 Å². The van der Waals surface area contributed by atoms with Gasteiger partial charge in [0.25, 0.3) is 0 Å². The standard InChI is InChI=1S/C40H48N2O4/c1-37(2)21-28(22-38(3,4)41-37)45-35(43)32-18-12-15-25-14-11-17-31(34(25)32)27-19-26-13-9-10-16-30(26)33(20-27)36(44)46-29-23-39(5,6)42-40(7,8)24-29/h9-20,28-29,41-42H,21-24H2,1-8H3. The zero-order chi connectivity index (χ0) is 33.1. The zero-order valence-corrected chi connectivity index (χ0v) is 28.5. The average molecular weight is 621 g/mol. The van der Waals surface area contributed by atoms with Gasteiger partial charge in [0.1, 0.15) is 12.2 Å². The third-order valence-corrected chi connectivity index (χ3v) is 9.37. The topological polar surface area (TPSA) is 76.7 Å². The fourth-order valence-electron chi connectivity index (χ4n) is 8.44. The van der Waals surface area contributed by atoms with Crippen molar-refractivity contribution in [3.05, 3.63) is 83.9 Å². The maximum atomic E-state index is 14.0. The van der Waals surface area contributed by atoms with E-state index in [1.807, 2.05) is 66.7 Å². The second-order valence-corrected chi connectivity index (χ2v) is 16.1. The fraction of sp³-hybridized carbons (Fsp3) is 0.450. The lowest BCUT2D eigenvalue weighted by Gasteiger charge is -2.46. The van der Waals surface area contributed by atoms with Gasteiger partial charge < -0.3 is 20.1 Å². The van der Waals surface area contributed by atoms with Crippen LogP contribution in [0.5, 0.6) is 0 Å². The zero-order valence-electron chi connectivity index (χ0n) is 28.5. The van der Waals surface area contributed by atoms with Crippen molar-refractivity contribution < 1.29 is 19.1 Å². The number of ether oxygens (including phenoxy) is 2. The number of nitrogens with one attached hydrogen (secondary N) is 2. The van der Waals surface area contributed by atoms with Crippen molar-refractivity contribution in [3.8, 4) is 11.1 Å². The largest absolute Gasteiger partial charge is 0.459 e. The van der Waals surface area contributed by atoms with Crippen LogP contribution in [0.4, 0.5) is 0 Å². The van der Waals surface area contributed by atoms with E-state index in [1.165, 1.54) is 0 Å². The highest BCUT2D eigenvalue weighted by Gasteiger charge is 2.41. The summed E-state index contributed by atoms with van der Waals surface area (Å²) in [7, 11) is 0. The van der Waals surface area contributed by atoms with Crippen molar-refractivity contribution in [2.45, 2.75) is 115 Å². The molecule has 0 aliphatic carbocycles. The van der Waals surface area contributed by atoms with E-state index in [4.69, 9.17) is 9.47 Å². The van der Waals surface area contributed by atoms with Gasteiger partial charge in [-0.25, -0.2) is 9.59 Å². The second-order valence-electron chi connectivity index (χ2n) is 16.1. The first-order valence-electron chi connectivity index (χ1n) is 16.6. The van der Waals surface area contributed by atoms with E-state index in [0.29, 0.717) is 11.1 Å². The number of hydrogen-bond donors (Lipinski definition) is 2. The molecule has 4 aromatic carbocycles. The van der Waals surface area contributed by atoms with E-state index < -0.39 is 0 Å². The Balaban J connectivity index is 1.39. The van der Waals surface area contributed by atoms with Gasteiger partial charge in [-0.3, -0.25) is 0 Å². The molecule has 6 rings (SSSR count). The van der Waals surface area contributed by atoms with Crippen molar-refractivity contribution >= 4 is 33.5 Å². The lowest BCUT2D eigenvalue weighted by atomic mass is 9.81. The molecule has 46 heavy (non-hydrogen) atoms. The van der Waals surface area contributed by atoms with E-state index in [9.17, 15) is 9.59 Å². The molecule has 2 N–H and O–H groups in total. The molecule has 4 aromatic rings. The van der Waals surface area contributed by atoms with Gasteiger partial charge in [0.05, 0.1) is 11.1 Å². The molecule has 0 amide bonds. The number of fused-ring (bicyclic) bond motifs is 2. The molecule has 0 spiro atoms. The molecule has 6 nitrogen and oxygen atoms in total. The van der Waals surface area contributed by atoms with Gasteiger partial charge in [-0.2, -0.15) is 0 Å². The lowest BCUT2D eigenvalue weighted by Crippen LogP contribution is -2.59. The van der Waals surface area contributed by atoms with Gasteiger partial charge in [-0.15, -0.1) is 0 Å². The summed E-state index contributed by atoms with van der Waals surface area (Å²) in [6, 6.07) is 23.8. The minimum atomic E-state index is -0.326. The summed E-state index contributed by atoms with van der Waals surface area (Å²) in [5.41, 5.74) is 2.19. The van der Waals surface area contributed by atoms with E-state index in [2.05, 4.69) is 72.1 Å². The highest BCUT2D eigenvalue weighted by Crippen LogP contribution is 2.37. The smallest absolute Gasteiger partial charge is 0.339 e. The Hall–Kier alpha value is -3.74. The van der Waals surface area contributed by atoms with Gasteiger partial charge in [0.15, 0.2) is 0 Å². The van der Waals surface area contributed by atoms with E-state index in [0.717, 1.165) is 58.4 Å². The number of rotatable bonds is 5. The summed E-state index contributed by atoms with van der Waals surface area (Å²) in [4.78, 5) is 27.9. The molecular weight excluding hydrogens is 572 g/mol. The molecule has 0 atom stereocenters. The molecule has 242 valence electrons. The monoisotopic (exact) mass is 620 g/mol. The van der Waals surface area contributed by atoms with Gasteiger partial charge in [-0.1, -0.05) is 54.6 Å². The van der Waals surface area contributed by atoms with Crippen LogP contribution in [0.25, 0.3) is 32.7 Å². The predicted octanol–water partition coefficient (Wildman–Crippen LogP) is 8.59. The van der Waals surface area contributed by atoms with Gasteiger partial charge in [0, 0.05) is 53.2 Å². The van der Waals surface area contributed by atoms with Crippen LogP contribution in [0.2, 0.25) is 0 Å². The summed E-state index contributed by atoms with van der Waals surface area (Å²) in [5, 5.41) is 10.9. The van der Waals surface area contributed by atoms with Crippen molar-refractivity contribution in [1.29, 1.82) is 0 Å². The Morgan fingerprint density at radius 3 is 1.63 bits per heavy atom. The summed E-state index contributed by atoms with van der Waals surface area (Å²) < 4.78 is 12.5. The Morgan fingerprint density at radius 2 is 1.07 bits per heavy atom. The highest BCUT2D eigenvalue weighted by molar-refractivity contribution is 6.13. The summed E-state index contributed by atoms with van der Waals surface area (Å²) in [6.45, 7) is 17.2. The molecule has 0 aromatic heterocycles. The van der Waals surface area contributed by atoms with Crippen LogP contribution in [0, 0.1) is 0 Å².